The lowest BCUT2D eigenvalue weighted by atomic mass is 9.89. The quantitative estimate of drug-likeness (QED) is 0.275. The van der Waals surface area contributed by atoms with Crippen LogP contribution in [0.2, 0.25) is 0 Å². The zero-order valence-corrected chi connectivity index (χ0v) is 17.8. The summed E-state index contributed by atoms with van der Waals surface area (Å²) in [5, 5.41) is 0. The van der Waals surface area contributed by atoms with E-state index >= 15 is 0 Å². The van der Waals surface area contributed by atoms with Gasteiger partial charge in [-0.2, -0.15) is 0 Å². The third kappa shape index (κ3) is 9.39. The maximum atomic E-state index is 12.5. The van der Waals surface area contributed by atoms with Gasteiger partial charge >= 0.3 is 11.9 Å². The van der Waals surface area contributed by atoms with Crippen molar-refractivity contribution < 1.29 is 23.9 Å². The second kappa shape index (κ2) is 14.2. The fraction of sp³-hybridized carbons (Fsp3) is 0.783. The van der Waals surface area contributed by atoms with Crippen LogP contribution in [0.1, 0.15) is 90.9 Å². The van der Waals surface area contributed by atoms with Crippen LogP contribution in [0.3, 0.4) is 0 Å². The van der Waals surface area contributed by atoms with Crippen molar-refractivity contribution in [2.75, 3.05) is 7.11 Å². The number of esters is 2. The Balaban J connectivity index is 2.52. The summed E-state index contributed by atoms with van der Waals surface area (Å²) in [5.41, 5.74) is 0. The number of carbonyl (C=O) groups is 3. The summed E-state index contributed by atoms with van der Waals surface area (Å²) in [6.45, 7) is 3.56. The van der Waals surface area contributed by atoms with Crippen LogP contribution >= 0.6 is 0 Å². The van der Waals surface area contributed by atoms with Gasteiger partial charge in [0.05, 0.1) is 13.0 Å². The highest BCUT2D eigenvalue weighted by molar-refractivity contribution is 5.85. The average molecular weight is 393 g/mol. The fourth-order valence-electron chi connectivity index (χ4n) is 3.72. The minimum Gasteiger partial charge on any atom is -0.469 e. The first-order valence-corrected chi connectivity index (χ1v) is 10.7. The second-order valence-corrected chi connectivity index (χ2v) is 7.61. The number of methoxy groups -OCH3 is 1. The Morgan fingerprint density at radius 3 is 2.46 bits per heavy atom. The molecule has 0 spiro atoms. The molecule has 0 amide bonds. The Bertz CT molecular complexity index is 557. The Kier molecular flexibility index (Phi) is 12.3. The van der Waals surface area contributed by atoms with E-state index in [9.17, 15) is 14.4 Å². The predicted octanol–water partition coefficient (Wildman–Crippen LogP) is 4.61. The molecule has 0 heterocycles. The molecule has 1 saturated carbocycles. The van der Waals surface area contributed by atoms with Crippen LogP contribution < -0.4 is 0 Å². The molecule has 0 N–H and O–H groups in total. The number of Topliss-reactive ketones (excluding diaryl/α,β-unsaturated/α-hetero) is 1. The van der Waals surface area contributed by atoms with E-state index in [0.29, 0.717) is 6.42 Å². The lowest BCUT2D eigenvalue weighted by Gasteiger charge is -2.18. The van der Waals surface area contributed by atoms with E-state index < -0.39 is 6.10 Å². The van der Waals surface area contributed by atoms with E-state index in [1.807, 2.05) is 0 Å². The summed E-state index contributed by atoms with van der Waals surface area (Å²) in [6, 6.07) is 0. The van der Waals surface area contributed by atoms with E-state index in [2.05, 4.69) is 23.5 Å². The largest absolute Gasteiger partial charge is 0.469 e. The topological polar surface area (TPSA) is 69.7 Å². The molecule has 0 radical (unpaired) electrons. The number of hydrogen-bond acceptors (Lipinski definition) is 5. The summed E-state index contributed by atoms with van der Waals surface area (Å²) in [5.74, 6) is 5.79. The molecule has 1 fully saturated rings. The molecule has 0 saturated heterocycles. The molecule has 0 aromatic heterocycles. The monoisotopic (exact) mass is 392 g/mol. The lowest BCUT2D eigenvalue weighted by molar-refractivity contribution is -0.147. The van der Waals surface area contributed by atoms with Crippen molar-refractivity contribution in [2.45, 2.75) is 97.0 Å². The Morgan fingerprint density at radius 1 is 1.07 bits per heavy atom. The standard InChI is InChI=1S/C23H36O5/c1-4-5-6-7-8-12-15-20-19(21(25)17-22(20)28-18(2)24)14-11-9-10-13-16-23(26)27-3/h19-20,22H,4-11,13-14,16-17H2,1-3H3/t19-,20+,22+/m0/s1. The van der Waals surface area contributed by atoms with Crippen LogP contribution in [0, 0.1) is 23.7 Å². The number of carbonyl (C=O) groups excluding carboxylic acids is 3. The normalized spacial score (nSPS) is 21.1. The first kappa shape index (κ1) is 24.2. The summed E-state index contributed by atoms with van der Waals surface area (Å²) in [4.78, 5) is 35.0. The molecule has 1 aliphatic carbocycles. The third-order valence-corrected chi connectivity index (χ3v) is 5.27. The van der Waals surface area contributed by atoms with Crippen molar-refractivity contribution >= 4 is 17.7 Å². The van der Waals surface area contributed by atoms with Gasteiger partial charge in [0, 0.05) is 32.1 Å². The molecule has 0 aliphatic heterocycles. The smallest absolute Gasteiger partial charge is 0.305 e. The molecular weight excluding hydrogens is 356 g/mol. The van der Waals surface area contributed by atoms with Gasteiger partial charge in [0.1, 0.15) is 11.9 Å². The van der Waals surface area contributed by atoms with E-state index in [-0.39, 0.29) is 36.0 Å². The molecule has 28 heavy (non-hydrogen) atoms. The highest BCUT2D eigenvalue weighted by Crippen LogP contribution is 2.35. The van der Waals surface area contributed by atoms with Gasteiger partial charge in [-0.15, -0.1) is 5.92 Å². The van der Waals surface area contributed by atoms with E-state index in [1.165, 1.54) is 33.3 Å². The third-order valence-electron chi connectivity index (χ3n) is 5.27. The zero-order chi connectivity index (χ0) is 20.8. The van der Waals surface area contributed by atoms with E-state index in [1.54, 1.807) is 0 Å². The minimum absolute atomic E-state index is 0.145. The van der Waals surface area contributed by atoms with Gasteiger partial charge in [-0.05, 0) is 19.3 Å². The van der Waals surface area contributed by atoms with Gasteiger partial charge in [0.15, 0.2) is 0 Å². The first-order chi connectivity index (χ1) is 13.5. The van der Waals surface area contributed by atoms with Crippen LogP contribution in [-0.2, 0) is 23.9 Å². The molecule has 1 aliphatic rings. The molecule has 0 aromatic carbocycles. The minimum atomic E-state index is -0.405. The van der Waals surface area contributed by atoms with Crippen LogP contribution in [-0.4, -0.2) is 30.9 Å². The Hall–Kier alpha value is -1.83. The maximum Gasteiger partial charge on any atom is 0.305 e. The highest BCUT2D eigenvalue weighted by Gasteiger charge is 2.42. The van der Waals surface area contributed by atoms with Crippen molar-refractivity contribution in [1.82, 2.24) is 0 Å². The Morgan fingerprint density at radius 2 is 1.79 bits per heavy atom. The molecular formula is C23H36O5. The second-order valence-electron chi connectivity index (χ2n) is 7.61. The van der Waals surface area contributed by atoms with Crippen molar-refractivity contribution in [1.29, 1.82) is 0 Å². The van der Waals surface area contributed by atoms with Gasteiger partial charge in [-0.25, -0.2) is 0 Å². The molecule has 0 aromatic rings. The number of hydrogen-bond donors (Lipinski definition) is 0. The van der Waals surface area contributed by atoms with Crippen LogP contribution in [0.15, 0.2) is 0 Å². The first-order valence-electron chi connectivity index (χ1n) is 10.7. The molecule has 5 heteroatoms. The number of unbranched alkanes of at least 4 members (excludes halogenated alkanes) is 7. The molecule has 1 rings (SSSR count). The van der Waals surface area contributed by atoms with Gasteiger partial charge in [0.2, 0.25) is 0 Å². The van der Waals surface area contributed by atoms with E-state index in [0.717, 1.165) is 44.9 Å². The van der Waals surface area contributed by atoms with Crippen molar-refractivity contribution in [3.63, 3.8) is 0 Å². The number of rotatable bonds is 12. The van der Waals surface area contributed by atoms with Crippen LogP contribution in [0.5, 0.6) is 0 Å². The van der Waals surface area contributed by atoms with Gasteiger partial charge in [0.25, 0.3) is 0 Å². The Labute approximate surface area is 169 Å². The summed E-state index contributed by atoms with van der Waals surface area (Å²) >= 11 is 0. The van der Waals surface area contributed by atoms with Gasteiger partial charge in [-0.3, -0.25) is 14.4 Å². The predicted molar refractivity (Wildman–Crippen MR) is 108 cm³/mol. The van der Waals surface area contributed by atoms with E-state index in [4.69, 9.17) is 4.74 Å². The van der Waals surface area contributed by atoms with Gasteiger partial charge < -0.3 is 9.47 Å². The van der Waals surface area contributed by atoms with Crippen molar-refractivity contribution in [3.8, 4) is 11.8 Å². The number of ether oxygens (including phenoxy) is 2. The van der Waals surface area contributed by atoms with Crippen molar-refractivity contribution in [3.05, 3.63) is 0 Å². The molecule has 5 nitrogen and oxygen atoms in total. The molecule has 158 valence electrons. The summed E-state index contributed by atoms with van der Waals surface area (Å²) < 4.78 is 10.0. The van der Waals surface area contributed by atoms with Crippen LogP contribution in [0.4, 0.5) is 0 Å². The molecule has 0 unspecified atom stereocenters. The summed E-state index contributed by atoms with van der Waals surface area (Å²) in [7, 11) is 1.40. The average Bonchev–Trinajstić information content (AvgIpc) is 2.94. The molecule has 0 bridgehead atoms. The lowest BCUT2D eigenvalue weighted by Crippen LogP contribution is -2.23. The summed E-state index contributed by atoms with van der Waals surface area (Å²) in [6.07, 6.45) is 10.2. The van der Waals surface area contributed by atoms with Crippen LogP contribution in [0.25, 0.3) is 0 Å². The highest BCUT2D eigenvalue weighted by atomic mass is 16.5. The maximum absolute atomic E-state index is 12.5. The SMILES string of the molecule is CCCCCCC#C[C@@H]1[C@H](CCCCCCC(=O)OC)C(=O)C[C@H]1OC(C)=O. The molecule has 3 atom stereocenters. The number of ketones is 1. The fourth-order valence-corrected chi connectivity index (χ4v) is 3.72. The van der Waals surface area contributed by atoms with Gasteiger partial charge in [-0.1, -0.05) is 51.4 Å². The zero-order valence-electron chi connectivity index (χ0n) is 17.8. The van der Waals surface area contributed by atoms with Crippen molar-refractivity contribution in [2.24, 2.45) is 11.8 Å².